The van der Waals surface area contributed by atoms with Gasteiger partial charge in [-0.05, 0) is 19.8 Å². The first-order valence-electron chi connectivity index (χ1n) is 6.64. The van der Waals surface area contributed by atoms with Crippen LogP contribution in [-0.4, -0.2) is 46.6 Å². The number of thioether (sulfide) groups is 1. The van der Waals surface area contributed by atoms with E-state index in [4.69, 9.17) is 0 Å². The maximum absolute atomic E-state index is 11.8. The largest absolute Gasteiger partial charge is 0.350 e. The Labute approximate surface area is 117 Å². The molecule has 1 atom stereocenters. The van der Waals surface area contributed by atoms with Crippen LogP contribution >= 0.6 is 11.8 Å². The highest BCUT2D eigenvalue weighted by atomic mass is 32.2. The number of hydrogen-bond donors (Lipinski definition) is 1. The molecule has 2 aliphatic rings. The fraction of sp³-hybridized carbons (Fsp3) is 0.615. The zero-order valence-electron chi connectivity index (χ0n) is 11.1. The Kier molecular flexibility index (Phi) is 5.01. The summed E-state index contributed by atoms with van der Waals surface area (Å²) in [7, 11) is 0. The van der Waals surface area contributed by atoms with Gasteiger partial charge in [0.1, 0.15) is 0 Å². The third kappa shape index (κ3) is 4.09. The molecule has 0 aromatic rings. The van der Waals surface area contributed by atoms with Crippen molar-refractivity contribution in [2.24, 2.45) is 4.99 Å². The number of aliphatic imine (C=N–C) groups is 1. The van der Waals surface area contributed by atoms with Gasteiger partial charge in [0, 0.05) is 37.5 Å². The summed E-state index contributed by atoms with van der Waals surface area (Å²) in [4.78, 5) is 29.5. The number of likely N-dealkylation sites (tertiary alicyclic amines) is 1. The average Bonchev–Trinajstić information content (AvgIpc) is 2.92. The maximum atomic E-state index is 11.8. The molecule has 0 aromatic heterocycles. The number of nitrogens with zero attached hydrogens (tertiary/aromatic N) is 2. The first-order chi connectivity index (χ1) is 9.16. The van der Waals surface area contributed by atoms with Crippen molar-refractivity contribution >= 4 is 28.6 Å². The van der Waals surface area contributed by atoms with Crippen LogP contribution in [0.2, 0.25) is 0 Å². The maximum Gasteiger partial charge on any atom is 0.276 e. The van der Waals surface area contributed by atoms with Crippen molar-refractivity contribution in [3.63, 3.8) is 0 Å². The van der Waals surface area contributed by atoms with Crippen molar-refractivity contribution in [1.82, 2.24) is 10.2 Å². The van der Waals surface area contributed by atoms with Crippen LogP contribution in [0.4, 0.5) is 0 Å². The van der Waals surface area contributed by atoms with E-state index in [0.717, 1.165) is 25.9 Å². The van der Waals surface area contributed by atoms with Gasteiger partial charge in [-0.1, -0.05) is 17.8 Å². The van der Waals surface area contributed by atoms with Gasteiger partial charge in [0.2, 0.25) is 5.91 Å². The fourth-order valence-electron chi connectivity index (χ4n) is 2.07. The van der Waals surface area contributed by atoms with Gasteiger partial charge in [-0.25, -0.2) is 4.99 Å². The van der Waals surface area contributed by atoms with Gasteiger partial charge in [-0.15, -0.1) is 0 Å². The summed E-state index contributed by atoms with van der Waals surface area (Å²) >= 11 is 1.43. The molecule has 1 fully saturated rings. The lowest BCUT2D eigenvalue weighted by Gasteiger charge is -2.16. The standard InChI is InChI=1S/C13H19N3O2S/c1-10-4-6-15-13(19-10)12(18)14-7-5-11(17)16-8-2-3-9-16/h4,6,10H,2-3,5,7-9H2,1H3,(H,14,18). The van der Waals surface area contributed by atoms with E-state index in [1.807, 2.05) is 17.9 Å². The van der Waals surface area contributed by atoms with Crippen molar-refractivity contribution in [2.45, 2.75) is 31.4 Å². The highest BCUT2D eigenvalue weighted by Crippen LogP contribution is 2.18. The molecule has 1 N–H and O–H groups in total. The predicted octanol–water partition coefficient (Wildman–Crippen LogP) is 1.16. The topological polar surface area (TPSA) is 61.8 Å². The number of nitrogens with one attached hydrogen (secondary N) is 1. The third-order valence-corrected chi connectivity index (χ3v) is 4.17. The number of hydrogen-bond acceptors (Lipinski definition) is 4. The van der Waals surface area contributed by atoms with E-state index < -0.39 is 0 Å². The van der Waals surface area contributed by atoms with Crippen molar-refractivity contribution in [3.05, 3.63) is 12.3 Å². The minimum absolute atomic E-state index is 0.129. The second-order valence-corrected chi connectivity index (χ2v) is 6.06. The number of amides is 2. The quantitative estimate of drug-likeness (QED) is 0.841. The SMILES string of the molecule is CC1C=CN=C(C(=O)NCCC(=O)N2CCCC2)S1. The van der Waals surface area contributed by atoms with Crippen molar-refractivity contribution in [3.8, 4) is 0 Å². The van der Waals surface area contributed by atoms with Gasteiger partial charge in [-0.2, -0.15) is 0 Å². The van der Waals surface area contributed by atoms with E-state index in [0.29, 0.717) is 18.0 Å². The van der Waals surface area contributed by atoms with E-state index in [1.165, 1.54) is 11.8 Å². The molecule has 0 aliphatic carbocycles. The molecule has 0 radical (unpaired) electrons. The lowest BCUT2D eigenvalue weighted by atomic mass is 10.3. The summed E-state index contributed by atoms with van der Waals surface area (Å²) in [5.41, 5.74) is 0. The smallest absolute Gasteiger partial charge is 0.276 e. The van der Waals surface area contributed by atoms with Gasteiger partial charge in [-0.3, -0.25) is 9.59 Å². The number of rotatable bonds is 4. The highest BCUT2D eigenvalue weighted by molar-refractivity contribution is 8.16. The molecular weight excluding hydrogens is 262 g/mol. The Hall–Kier alpha value is -1.30. The second-order valence-electron chi connectivity index (χ2n) is 4.69. The zero-order valence-corrected chi connectivity index (χ0v) is 11.9. The average molecular weight is 281 g/mol. The second kappa shape index (κ2) is 6.75. The molecule has 1 unspecified atom stereocenters. The first-order valence-corrected chi connectivity index (χ1v) is 7.52. The van der Waals surface area contributed by atoms with Crippen LogP contribution in [0.5, 0.6) is 0 Å². The monoisotopic (exact) mass is 281 g/mol. The summed E-state index contributed by atoms with van der Waals surface area (Å²) in [6, 6.07) is 0. The van der Waals surface area contributed by atoms with E-state index >= 15 is 0 Å². The summed E-state index contributed by atoms with van der Waals surface area (Å²) in [5, 5.41) is 3.50. The molecule has 0 saturated carbocycles. The molecule has 6 heteroatoms. The molecule has 0 aromatic carbocycles. The van der Waals surface area contributed by atoms with Crippen LogP contribution in [0.3, 0.4) is 0 Å². The van der Waals surface area contributed by atoms with Gasteiger partial charge >= 0.3 is 0 Å². The van der Waals surface area contributed by atoms with Crippen molar-refractivity contribution in [1.29, 1.82) is 0 Å². The van der Waals surface area contributed by atoms with Crippen LogP contribution in [0.15, 0.2) is 17.3 Å². The van der Waals surface area contributed by atoms with Gasteiger partial charge in [0.05, 0.1) is 0 Å². The Bertz CT molecular complexity index is 414. The van der Waals surface area contributed by atoms with Crippen LogP contribution < -0.4 is 5.32 Å². The van der Waals surface area contributed by atoms with Crippen molar-refractivity contribution in [2.75, 3.05) is 19.6 Å². The van der Waals surface area contributed by atoms with Gasteiger partial charge < -0.3 is 10.2 Å². The Balaban J connectivity index is 1.70. The van der Waals surface area contributed by atoms with Crippen LogP contribution in [-0.2, 0) is 9.59 Å². The molecule has 2 heterocycles. The third-order valence-electron chi connectivity index (χ3n) is 3.12. The number of carbonyl (C=O) groups excluding carboxylic acids is 2. The molecule has 5 nitrogen and oxygen atoms in total. The summed E-state index contributed by atoms with van der Waals surface area (Å²) in [6.45, 7) is 4.11. The summed E-state index contributed by atoms with van der Waals surface area (Å²) in [6.07, 6.45) is 6.16. The summed E-state index contributed by atoms with van der Waals surface area (Å²) in [5.74, 6) is -0.0558. The van der Waals surface area contributed by atoms with Crippen LogP contribution in [0, 0.1) is 0 Å². The number of carbonyl (C=O) groups is 2. The normalized spacial score (nSPS) is 22.3. The predicted molar refractivity (Wildman–Crippen MR) is 77.1 cm³/mol. The van der Waals surface area contributed by atoms with Crippen LogP contribution in [0.25, 0.3) is 0 Å². The molecule has 2 rings (SSSR count). The molecule has 2 aliphatic heterocycles. The fourth-order valence-corrected chi connectivity index (χ4v) is 2.88. The van der Waals surface area contributed by atoms with E-state index in [1.54, 1.807) is 6.20 Å². The Morgan fingerprint density at radius 2 is 2.21 bits per heavy atom. The van der Waals surface area contributed by atoms with E-state index in [-0.39, 0.29) is 17.1 Å². The minimum Gasteiger partial charge on any atom is -0.350 e. The molecule has 2 amide bonds. The Morgan fingerprint density at radius 1 is 1.47 bits per heavy atom. The molecule has 0 bridgehead atoms. The van der Waals surface area contributed by atoms with E-state index in [2.05, 4.69) is 10.3 Å². The Morgan fingerprint density at radius 3 is 2.89 bits per heavy atom. The van der Waals surface area contributed by atoms with Crippen molar-refractivity contribution < 1.29 is 9.59 Å². The molecule has 0 spiro atoms. The first kappa shape index (κ1) is 14.1. The lowest BCUT2D eigenvalue weighted by molar-refractivity contribution is -0.130. The minimum atomic E-state index is -0.185. The van der Waals surface area contributed by atoms with Crippen LogP contribution in [0.1, 0.15) is 26.2 Å². The summed E-state index contributed by atoms with van der Waals surface area (Å²) < 4.78 is 0. The zero-order chi connectivity index (χ0) is 13.7. The van der Waals surface area contributed by atoms with E-state index in [9.17, 15) is 9.59 Å². The highest BCUT2D eigenvalue weighted by Gasteiger charge is 2.19. The molecular formula is C13H19N3O2S. The molecule has 1 saturated heterocycles. The molecule has 19 heavy (non-hydrogen) atoms. The molecule has 104 valence electrons. The van der Waals surface area contributed by atoms with Gasteiger partial charge in [0.25, 0.3) is 5.91 Å². The van der Waals surface area contributed by atoms with Gasteiger partial charge in [0.15, 0.2) is 5.04 Å². The lowest BCUT2D eigenvalue weighted by Crippen LogP contribution is -2.35.